The summed E-state index contributed by atoms with van der Waals surface area (Å²) in [5.74, 6) is 0. The molecule has 18 heavy (non-hydrogen) atoms. The van der Waals surface area contributed by atoms with E-state index in [-0.39, 0.29) is 24.4 Å². The van der Waals surface area contributed by atoms with Crippen LogP contribution < -0.4 is 0 Å². The molecule has 0 saturated carbocycles. The SMILES string of the molecule is COCc1cn([C@@H]2CO[C@@H]3[C@@H]2OC[C@H]3OC)nn1. The van der Waals surface area contributed by atoms with Gasteiger partial charge in [-0.05, 0) is 0 Å². The molecule has 0 aromatic carbocycles. The van der Waals surface area contributed by atoms with E-state index >= 15 is 0 Å². The molecule has 0 N–H and O–H groups in total. The predicted molar refractivity (Wildman–Crippen MR) is 60.0 cm³/mol. The quantitative estimate of drug-likeness (QED) is 0.741. The van der Waals surface area contributed by atoms with Crippen molar-refractivity contribution in [3.63, 3.8) is 0 Å². The van der Waals surface area contributed by atoms with Gasteiger partial charge in [0.15, 0.2) is 0 Å². The van der Waals surface area contributed by atoms with Crippen LogP contribution in [0.1, 0.15) is 11.7 Å². The predicted octanol–water partition coefficient (Wildman–Crippen LogP) is -0.222. The van der Waals surface area contributed by atoms with E-state index in [1.807, 2.05) is 6.20 Å². The molecule has 3 rings (SSSR count). The van der Waals surface area contributed by atoms with Gasteiger partial charge in [0.05, 0.1) is 26.0 Å². The van der Waals surface area contributed by atoms with Gasteiger partial charge in [0.1, 0.15) is 30.0 Å². The number of ether oxygens (including phenoxy) is 4. The normalized spacial score (nSPS) is 35.0. The van der Waals surface area contributed by atoms with Crippen LogP contribution >= 0.6 is 0 Å². The van der Waals surface area contributed by atoms with Gasteiger partial charge in [-0.1, -0.05) is 5.21 Å². The highest BCUT2D eigenvalue weighted by Gasteiger charge is 2.49. The van der Waals surface area contributed by atoms with Crippen molar-refractivity contribution < 1.29 is 18.9 Å². The van der Waals surface area contributed by atoms with Crippen molar-refractivity contribution in [1.29, 1.82) is 0 Å². The van der Waals surface area contributed by atoms with E-state index in [4.69, 9.17) is 18.9 Å². The number of methoxy groups -OCH3 is 2. The summed E-state index contributed by atoms with van der Waals surface area (Å²) in [7, 11) is 3.32. The number of hydrogen-bond acceptors (Lipinski definition) is 6. The van der Waals surface area contributed by atoms with E-state index in [2.05, 4.69) is 10.3 Å². The van der Waals surface area contributed by atoms with Gasteiger partial charge in [-0.2, -0.15) is 0 Å². The fourth-order valence-electron chi connectivity index (χ4n) is 2.56. The number of fused-ring (bicyclic) bond motifs is 1. The lowest BCUT2D eigenvalue weighted by molar-refractivity contribution is -0.00910. The maximum absolute atomic E-state index is 5.75. The fourth-order valence-corrected chi connectivity index (χ4v) is 2.56. The standard InChI is InChI=1S/C11H17N3O4/c1-15-4-7-3-14(13-12-7)8-5-17-11-9(16-2)6-18-10(8)11/h3,8-11H,4-6H2,1-2H3/t8-,9-,10-,11+/m1/s1. The molecular weight excluding hydrogens is 238 g/mol. The molecule has 1 aromatic heterocycles. The third-order valence-corrected chi connectivity index (χ3v) is 3.47. The van der Waals surface area contributed by atoms with E-state index in [0.29, 0.717) is 19.8 Å². The van der Waals surface area contributed by atoms with Crippen LogP contribution in [-0.4, -0.2) is 60.7 Å². The first kappa shape index (κ1) is 12.0. The van der Waals surface area contributed by atoms with Crippen LogP contribution in [0.15, 0.2) is 6.20 Å². The van der Waals surface area contributed by atoms with Crippen molar-refractivity contribution in [3.8, 4) is 0 Å². The molecule has 0 aliphatic carbocycles. The van der Waals surface area contributed by atoms with E-state index in [0.717, 1.165) is 5.69 Å². The zero-order chi connectivity index (χ0) is 12.5. The van der Waals surface area contributed by atoms with Crippen molar-refractivity contribution in [2.75, 3.05) is 27.4 Å². The summed E-state index contributed by atoms with van der Waals surface area (Å²) in [6.07, 6.45) is 1.88. The molecule has 0 amide bonds. The largest absolute Gasteiger partial charge is 0.378 e. The molecule has 2 aliphatic heterocycles. The molecule has 2 fully saturated rings. The maximum Gasteiger partial charge on any atom is 0.114 e. The lowest BCUT2D eigenvalue weighted by atomic mass is 10.1. The number of hydrogen-bond donors (Lipinski definition) is 0. The number of nitrogens with zero attached hydrogens (tertiary/aromatic N) is 3. The molecule has 1 aromatic rings. The Hall–Kier alpha value is -1.02. The van der Waals surface area contributed by atoms with Gasteiger partial charge in [0, 0.05) is 14.2 Å². The van der Waals surface area contributed by atoms with Crippen molar-refractivity contribution in [1.82, 2.24) is 15.0 Å². The molecule has 0 radical (unpaired) electrons. The molecule has 7 heteroatoms. The lowest BCUT2D eigenvalue weighted by Gasteiger charge is -2.15. The van der Waals surface area contributed by atoms with Crippen LogP contribution in [0.4, 0.5) is 0 Å². The van der Waals surface area contributed by atoms with Gasteiger partial charge < -0.3 is 18.9 Å². The molecule has 2 aliphatic rings. The van der Waals surface area contributed by atoms with Crippen LogP contribution in [0.2, 0.25) is 0 Å². The second-order valence-electron chi connectivity index (χ2n) is 4.56. The third kappa shape index (κ3) is 1.93. The molecule has 4 atom stereocenters. The Morgan fingerprint density at radius 3 is 2.94 bits per heavy atom. The van der Waals surface area contributed by atoms with Gasteiger partial charge in [-0.15, -0.1) is 5.10 Å². The van der Waals surface area contributed by atoms with E-state index in [1.54, 1.807) is 18.9 Å². The smallest absolute Gasteiger partial charge is 0.114 e. The molecule has 100 valence electrons. The van der Waals surface area contributed by atoms with Crippen molar-refractivity contribution in [3.05, 3.63) is 11.9 Å². The summed E-state index contributed by atoms with van der Waals surface area (Å²) in [6.45, 7) is 1.61. The van der Waals surface area contributed by atoms with E-state index < -0.39 is 0 Å². The first-order valence-electron chi connectivity index (χ1n) is 5.99. The topological polar surface area (TPSA) is 67.6 Å². The lowest BCUT2D eigenvalue weighted by Crippen LogP contribution is -2.31. The van der Waals surface area contributed by atoms with E-state index in [9.17, 15) is 0 Å². The van der Waals surface area contributed by atoms with Crippen molar-refractivity contribution in [2.24, 2.45) is 0 Å². The van der Waals surface area contributed by atoms with E-state index in [1.165, 1.54) is 0 Å². The highest BCUT2D eigenvalue weighted by molar-refractivity contribution is 5.00. The molecule has 3 heterocycles. The Morgan fingerprint density at radius 1 is 1.33 bits per heavy atom. The molecular formula is C11H17N3O4. The first-order chi connectivity index (χ1) is 8.83. The van der Waals surface area contributed by atoms with Crippen molar-refractivity contribution >= 4 is 0 Å². The molecule has 0 unspecified atom stereocenters. The average molecular weight is 255 g/mol. The average Bonchev–Trinajstić information content (AvgIpc) is 3.03. The highest BCUT2D eigenvalue weighted by Crippen LogP contribution is 2.34. The van der Waals surface area contributed by atoms with Crippen LogP contribution in [0.3, 0.4) is 0 Å². The Kier molecular flexibility index (Phi) is 3.29. The second-order valence-corrected chi connectivity index (χ2v) is 4.56. The van der Waals surface area contributed by atoms with Crippen LogP contribution in [-0.2, 0) is 25.6 Å². The van der Waals surface area contributed by atoms with Crippen LogP contribution in [0, 0.1) is 0 Å². The van der Waals surface area contributed by atoms with Gasteiger partial charge in [0.2, 0.25) is 0 Å². The summed E-state index contributed by atoms with van der Waals surface area (Å²) in [4.78, 5) is 0. The molecule has 2 saturated heterocycles. The minimum atomic E-state index is -0.00737. The molecule has 0 spiro atoms. The van der Waals surface area contributed by atoms with Gasteiger partial charge in [-0.3, -0.25) is 0 Å². The summed E-state index contributed by atoms with van der Waals surface area (Å²) >= 11 is 0. The minimum absolute atomic E-state index is 0.00456. The Labute approximate surface area is 105 Å². The highest BCUT2D eigenvalue weighted by atomic mass is 16.6. The first-order valence-corrected chi connectivity index (χ1v) is 5.99. The Morgan fingerprint density at radius 2 is 2.17 bits per heavy atom. The monoisotopic (exact) mass is 255 g/mol. The zero-order valence-electron chi connectivity index (χ0n) is 10.5. The van der Waals surface area contributed by atoms with Crippen LogP contribution in [0.5, 0.6) is 0 Å². The summed E-state index contributed by atoms with van der Waals surface area (Å²) in [6, 6.07) is 0.0632. The Balaban J connectivity index is 1.73. The zero-order valence-corrected chi connectivity index (χ0v) is 10.5. The fraction of sp³-hybridized carbons (Fsp3) is 0.818. The Bertz CT molecular complexity index is 411. The summed E-state index contributed by atoms with van der Waals surface area (Å²) < 4.78 is 23.7. The summed E-state index contributed by atoms with van der Waals surface area (Å²) in [5.41, 5.74) is 0.808. The van der Waals surface area contributed by atoms with Gasteiger partial charge >= 0.3 is 0 Å². The number of aromatic nitrogens is 3. The molecule has 7 nitrogen and oxygen atoms in total. The summed E-state index contributed by atoms with van der Waals surface area (Å²) in [5, 5.41) is 8.16. The van der Waals surface area contributed by atoms with Crippen LogP contribution in [0.25, 0.3) is 0 Å². The second kappa shape index (κ2) is 4.93. The molecule has 0 bridgehead atoms. The van der Waals surface area contributed by atoms with Gasteiger partial charge in [0.25, 0.3) is 0 Å². The van der Waals surface area contributed by atoms with Gasteiger partial charge in [-0.25, -0.2) is 4.68 Å². The minimum Gasteiger partial charge on any atom is -0.378 e. The maximum atomic E-state index is 5.75. The number of rotatable bonds is 4. The van der Waals surface area contributed by atoms with Crippen molar-refractivity contribution in [2.45, 2.75) is 31.0 Å². The third-order valence-electron chi connectivity index (χ3n) is 3.47.